The first-order valence-corrected chi connectivity index (χ1v) is 3.34. The van der Waals surface area contributed by atoms with Gasteiger partial charge >= 0.3 is 6.18 Å². The molecule has 12 heavy (non-hydrogen) atoms. The van der Waals surface area contributed by atoms with E-state index in [1.165, 1.54) is 0 Å². The van der Waals surface area contributed by atoms with Crippen LogP contribution in [0.15, 0.2) is 0 Å². The molecule has 1 fully saturated rings. The average Bonchev–Trinajstić information content (AvgIpc) is 1.83. The largest absolute Gasteiger partial charge is 0.430 e. The van der Waals surface area contributed by atoms with Crippen molar-refractivity contribution in [3.8, 4) is 0 Å². The van der Waals surface area contributed by atoms with Gasteiger partial charge in [0.2, 0.25) is 0 Å². The monoisotopic (exact) mass is 212 g/mol. The van der Waals surface area contributed by atoms with Gasteiger partial charge in [0.05, 0.1) is 5.38 Å². The number of alkyl halides is 7. The summed E-state index contributed by atoms with van der Waals surface area (Å²) in [6.45, 7) is 0. The second-order valence-corrected chi connectivity index (χ2v) is 3.11. The van der Waals surface area contributed by atoms with Crippen molar-refractivity contribution in [2.45, 2.75) is 29.6 Å². The second kappa shape index (κ2) is 2.21. The van der Waals surface area contributed by atoms with E-state index in [1.807, 2.05) is 0 Å². The molecule has 0 aliphatic heterocycles. The van der Waals surface area contributed by atoms with Crippen molar-refractivity contribution in [2.75, 3.05) is 0 Å². The van der Waals surface area contributed by atoms with Crippen LogP contribution in [0.25, 0.3) is 0 Å². The van der Waals surface area contributed by atoms with Gasteiger partial charge in [0, 0.05) is 6.42 Å². The number of halogens is 7. The van der Waals surface area contributed by atoms with Crippen molar-refractivity contribution in [2.24, 2.45) is 0 Å². The average molecular weight is 213 g/mol. The van der Waals surface area contributed by atoms with E-state index in [0.29, 0.717) is 0 Å². The van der Waals surface area contributed by atoms with E-state index in [2.05, 4.69) is 0 Å². The Morgan fingerprint density at radius 3 is 1.67 bits per heavy atom. The highest BCUT2D eigenvalue weighted by molar-refractivity contribution is 6.22. The maximum absolute atomic E-state index is 12.6. The SMILES string of the molecule is FC(F)(F)C1(F)C(Cl)CC1(F)F. The summed E-state index contributed by atoms with van der Waals surface area (Å²) in [4.78, 5) is 0. The Morgan fingerprint density at radius 2 is 1.58 bits per heavy atom. The van der Waals surface area contributed by atoms with Gasteiger partial charge in [-0.15, -0.1) is 11.6 Å². The normalized spacial score (nSPS) is 40.8. The zero-order valence-corrected chi connectivity index (χ0v) is 6.19. The van der Waals surface area contributed by atoms with E-state index in [-0.39, 0.29) is 0 Å². The lowest BCUT2D eigenvalue weighted by molar-refractivity contribution is -0.341. The van der Waals surface area contributed by atoms with E-state index in [0.717, 1.165) is 0 Å². The topological polar surface area (TPSA) is 0 Å². The van der Waals surface area contributed by atoms with Crippen molar-refractivity contribution in [3.05, 3.63) is 0 Å². The van der Waals surface area contributed by atoms with Gasteiger partial charge in [-0.2, -0.15) is 13.2 Å². The van der Waals surface area contributed by atoms with Crippen molar-refractivity contribution >= 4 is 11.6 Å². The first kappa shape index (κ1) is 9.95. The minimum Gasteiger partial charge on any atom is -0.225 e. The van der Waals surface area contributed by atoms with Crippen LogP contribution >= 0.6 is 11.6 Å². The Bertz CT molecular complexity index is 187. The van der Waals surface area contributed by atoms with Crippen LogP contribution in [0.2, 0.25) is 0 Å². The summed E-state index contributed by atoms with van der Waals surface area (Å²) >= 11 is 4.75. The van der Waals surface area contributed by atoms with Gasteiger partial charge in [0.15, 0.2) is 0 Å². The minimum absolute atomic E-state index is 1.27. The van der Waals surface area contributed by atoms with Gasteiger partial charge < -0.3 is 0 Å². The zero-order valence-electron chi connectivity index (χ0n) is 5.43. The predicted molar refractivity (Wildman–Crippen MR) is 29.1 cm³/mol. The molecule has 0 amide bonds. The minimum atomic E-state index is -5.61. The molecule has 1 saturated carbocycles. The van der Waals surface area contributed by atoms with Crippen LogP contribution < -0.4 is 0 Å². The molecule has 0 saturated heterocycles. The van der Waals surface area contributed by atoms with Gasteiger partial charge in [-0.05, 0) is 0 Å². The standard InChI is InChI=1S/C5H3ClF6/c6-2-1-3(7,8)4(2,9)5(10,11)12/h2H,1H2. The quantitative estimate of drug-likeness (QED) is 0.428. The van der Waals surface area contributed by atoms with Crippen LogP contribution in [0.1, 0.15) is 6.42 Å². The fourth-order valence-electron chi connectivity index (χ4n) is 0.997. The van der Waals surface area contributed by atoms with Gasteiger partial charge in [0.1, 0.15) is 0 Å². The lowest BCUT2D eigenvalue weighted by Gasteiger charge is -2.46. The molecule has 0 aromatic rings. The summed E-state index contributed by atoms with van der Waals surface area (Å²) in [6, 6.07) is 0. The van der Waals surface area contributed by atoms with Crippen LogP contribution in [-0.2, 0) is 0 Å². The summed E-state index contributed by atoms with van der Waals surface area (Å²) in [5.74, 6) is -4.39. The van der Waals surface area contributed by atoms with Crippen LogP contribution in [0.5, 0.6) is 0 Å². The Hall–Kier alpha value is -0.130. The van der Waals surface area contributed by atoms with E-state index in [4.69, 9.17) is 11.6 Å². The lowest BCUT2D eigenvalue weighted by Crippen LogP contribution is -2.70. The summed E-state index contributed by atoms with van der Waals surface area (Å²) < 4.78 is 72.0. The highest BCUT2D eigenvalue weighted by Crippen LogP contribution is 2.60. The first-order valence-electron chi connectivity index (χ1n) is 2.90. The summed E-state index contributed by atoms with van der Waals surface area (Å²) in [5, 5.41) is -2.19. The lowest BCUT2D eigenvalue weighted by atomic mass is 9.76. The predicted octanol–water partition coefficient (Wildman–Crippen LogP) is 2.90. The molecule has 0 aromatic carbocycles. The molecule has 2 atom stereocenters. The Morgan fingerprint density at radius 1 is 1.17 bits per heavy atom. The molecule has 0 N–H and O–H groups in total. The van der Waals surface area contributed by atoms with E-state index in [9.17, 15) is 26.3 Å². The molecule has 1 aliphatic carbocycles. The first-order chi connectivity index (χ1) is 5.13. The Labute approximate surface area is 68.5 Å². The molecule has 1 aliphatic rings. The molecule has 0 nitrogen and oxygen atoms in total. The van der Waals surface area contributed by atoms with Gasteiger partial charge in [0.25, 0.3) is 11.6 Å². The van der Waals surface area contributed by atoms with Crippen LogP contribution in [0.3, 0.4) is 0 Å². The van der Waals surface area contributed by atoms with Crippen molar-refractivity contribution < 1.29 is 26.3 Å². The van der Waals surface area contributed by atoms with Crippen molar-refractivity contribution in [1.82, 2.24) is 0 Å². The third-order valence-corrected chi connectivity index (χ3v) is 2.27. The Kier molecular flexibility index (Phi) is 1.84. The fraction of sp³-hybridized carbons (Fsp3) is 1.00. The molecule has 1 rings (SSSR count). The van der Waals surface area contributed by atoms with Crippen molar-refractivity contribution in [3.63, 3.8) is 0 Å². The molecule has 72 valence electrons. The summed E-state index contributed by atoms with van der Waals surface area (Å²) in [7, 11) is 0. The molecule has 0 aromatic heterocycles. The van der Waals surface area contributed by atoms with E-state index < -0.39 is 29.6 Å². The maximum Gasteiger partial charge on any atom is 0.430 e. The third kappa shape index (κ3) is 0.932. The number of rotatable bonds is 0. The Balaban J connectivity index is 2.97. The third-order valence-electron chi connectivity index (χ3n) is 1.81. The van der Waals surface area contributed by atoms with E-state index >= 15 is 0 Å². The van der Waals surface area contributed by atoms with Gasteiger partial charge in [-0.1, -0.05) is 0 Å². The molecular weight excluding hydrogens is 209 g/mol. The van der Waals surface area contributed by atoms with Gasteiger partial charge in [-0.25, -0.2) is 13.2 Å². The summed E-state index contributed by atoms with van der Waals surface area (Å²) in [5.41, 5.74) is -4.55. The molecule has 7 heteroatoms. The molecule has 0 heterocycles. The summed E-state index contributed by atoms with van der Waals surface area (Å²) in [6.07, 6.45) is -6.88. The highest BCUT2D eigenvalue weighted by atomic mass is 35.5. The molecule has 0 spiro atoms. The fourth-order valence-corrected chi connectivity index (χ4v) is 1.47. The molecule has 0 radical (unpaired) electrons. The number of hydrogen-bond donors (Lipinski definition) is 0. The number of hydrogen-bond acceptors (Lipinski definition) is 0. The van der Waals surface area contributed by atoms with Crippen molar-refractivity contribution in [1.29, 1.82) is 0 Å². The molecule has 0 bridgehead atoms. The smallest absolute Gasteiger partial charge is 0.225 e. The maximum atomic E-state index is 12.6. The second-order valence-electron chi connectivity index (χ2n) is 2.59. The molecule has 2 unspecified atom stereocenters. The van der Waals surface area contributed by atoms with E-state index in [1.54, 1.807) is 0 Å². The van der Waals surface area contributed by atoms with Crippen LogP contribution in [0.4, 0.5) is 26.3 Å². The van der Waals surface area contributed by atoms with Gasteiger partial charge in [-0.3, -0.25) is 0 Å². The van der Waals surface area contributed by atoms with Crippen LogP contribution in [-0.4, -0.2) is 23.1 Å². The zero-order chi connectivity index (χ0) is 9.78. The highest BCUT2D eigenvalue weighted by Gasteiger charge is 2.82. The van der Waals surface area contributed by atoms with Crippen LogP contribution in [0, 0.1) is 0 Å². The molecular formula is C5H3ClF6.